The third-order valence-corrected chi connectivity index (χ3v) is 5.34. The maximum atomic E-state index is 6.06. The van der Waals surface area contributed by atoms with Crippen LogP contribution < -0.4 is 10.1 Å². The highest BCUT2D eigenvalue weighted by Crippen LogP contribution is 2.26. The van der Waals surface area contributed by atoms with Gasteiger partial charge in [0.2, 0.25) is 0 Å². The van der Waals surface area contributed by atoms with Gasteiger partial charge in [0.05, 0.1) is 16.1 Å². The molecule has 1 fully saturated rings. The van der Waals surface area contributed by atoms with Gasteiger partial charge in [0.15, 0.2) is 0 Å². The minimum Gasteiger partial charge on any atom is -0.489 e. The summed E-state index contributed by atoms with van der Waals surface area (Å²) < 4.78 is 12.7. The second-order valence-corrected chi connectivity index (χ2v) is 7.79. The third-order valence-electron chi connectivity index (χ3n) is 4.11. The van der Waals surface area contributed by atoms with E-state index in [9.17, 15) is 0 Å². The van der Waals surface area contributed by atoms with Crippen LogP contribution in [0.1, 0.15) is 24.0 Å². The SMILES string of the molecule is Clc1ccc(COc2ccc(Br)cc2CNCC2CCCO2)cc1Cl. The molecule has 2 aromatic carbocycles. The van der Waals surface area contributed by atoms with E-state index in [1.54, 1.807) is 6.07 Å². The Balaban J connectivity index is 1.60. The Morgan fingerprint density at radius 1 is 1.16 bits per heavy atom. The fourth-order valence-electron chi connectivity index (χ4n) is 2.79. The van der Waals surface area contributed by atoms with E-state index in [-0.39, 0.29) is 0 Å². The summed E-state index contributed by atoms with van der Waals surface area (Å²) in [5.74, 6) is 0.856. The van der Waals surface area contributed by atoms with Crippen molar-refractivity contribution < 1.29 is 9.47 Å². The Labute approximate surface area is 166 Å². The van der Waals surface area contributed by atoms with Gasteiger partial charge in [-0.1, -0.05) is 45.2 Å². The Morgan fingerprint density at radius 3 is 2.80 bits per heavy atom. The zero-order valence-corrected chi connectivity index (χ0v) is 16.8. The molecule has 1 unspecified atom stereocenters. The molecule has 134 valence electrons. The summed E-state index contributed by atoms with van der Waals surface area (Å²) in [6, 6.07) is 11.6. The van der Waals surface area contributed by atoms with E-state index < -0.39 is 0 Å². The summed E-state index contributed by atoms with van der Waals surface area (Å²) in [5, 5.41) is 4.55. The zero-order valence-electron chi connectivity index (χ0n) is 13.7. The second-order valence-electron chi connectivity index (χ2n) is 6.06. The summed E-state index contributed by atoms with van der Waals surface area (Å²) in [6.07, 6.45) is 2.61. The summed E-state index contributed by atoms with van der Waals surface area (Å²) in [5.41, 5.74) is 2.09. The number of hydrogen-bond donors (Lipinski definition) is 1. The van der Waals surface area contributed by atoms with Crippen LogP contribution in [0.2, 0.25) is 10.0 Å². The van der Waals surface area contributed by atoms with E-state index in [0.29, 0.717) is 22.8 Å². The normalized spacial score (nSPS) is 17.0. The lowest BCUT2D eigenvalue weighted by Crippen LogP contribution is -2.26. The Bertz CT molecular complexity index is 721. The van der Waals surface area contributed by atoms with E-state index in [1.807, 2.05) is 24.3 Å². The number of benzene rings is 2. The van der Waals surface area contributed by atoms with Crippen LogP contribution in [0.4, 0.5) is 0 Å². The van der Waals surface area contributed by atoms with E-state index in [0.717, 1.165) is 53.9 Å². The average molecular weight is 445 g/mol. The van der Waals surface area contributed by atoms with Gasteiger partial charge in [-0.3, -0.25) is 0 Å². The van der Waals surface area contributed by atoms with Gasteiger partial charge in [-0.25, -0.2) is 0 Å². The molecule has 2 aromatic rings. The zero-order chi connectivity index (χ0) is 17.6. The van der Waals surface area contributed by atoms with Crippen molar-refractivity contribution in [2.24, 2.45) is 0 Å². The van der Waals surface area contributed by atoms with E-state index >= 15 is 0 Å². The van der Waals surface area contributed by atoms with Gasteiger partial charge in [0.25, 0.3) is 0 Å². The molecular formula is C19H20BrCl2NO2. The van der Waals surface area contributed by atoms with Crippen molar-refractivity contribution in [3.63, 3.8) is 0 Å². The molecule has 25 heavy (non-hydrogen) atoms. The van der Waals surface area contributed by atoms with Gasteiger partial charge in [-0.05, 0) is 48.7 Å². The van der Waals surface area contributed by atoms with Crippen LogP contribution in [-0.2, 0) is 17.9 Å². The van der Waals surface area contributed by atoms with Crippen LogP contribution >= 0.6 is 39.1 Å². The van der Waals surface area contributed by atoms with Crippen molar-refractivity contribution in [1.29, 1.82) is 0 Å². The lowest BCUT2D eigenvalue weighted by atomic mass is 10.2. The molecule has 0 aromatic heterocycles. The fourth-order valence-corrected chi connectivity index (χ4v) is 3.52. The van der Waals surface area contributed by atoms with Crippen molar-refractivity contribution in [2.45, 2.75) is 32.1 Å². The van der Waals surface area contributed by atoms with Crippen LogP contribution in [0.5, 0.6) is 5.75 Å². The van der Waals surface area contributed by atoms with Gasteiger partial charge < -0.3 is 14.8 Å². The van der Waals surface area contributed by atoms with E-state index in [1.165, 1.54) is 0 Å². The molecular weight excluding hydrogens is 425 g/mol. The monoisotopic (exact) mass is 443 g/mol. The van der Waals surface area contributed by atoms with E-state index in [4.69, 9.17) is 32.7 Å². The van der Waals surface area contributed by atoms with Gasteiger partial charge in [-0.2, -0.15) is 0 Å². The van der Waals surface area contributed by atoms with Crippen LogP contribution in [0.25, 0.3) is 0 Å². The van der Waals surface area contributed by atoms with Crippen molar-refractivity contribution in [2.75, 3.05) is 13.2 Å². The van der Waals surface area contributed by atoms with Crippen LogP contribution in [0.15, 0.2) is 40.9 Å². The highest BCUT2D eigenvalue weighted by atomic mass is 79.9. The molecule has 0 amide bonds. The molecule has 1 atom stereocenters. The fraction of sp³-hybridized carbons (Fsp3) is 0.368. The van der Waals surface area contributed by atoms with Gasteiger partial charge in [-0.15, -0.1) is 0 Å². The molecule has 0 spiro atoms. The minimum atomic E-state index is 0.327. The van der Waals surface area contributed by atoms with Crippen molar-refractivity contribution in [3.05, 3.63) is 62.0 Å². The topological polar surface area (TPSA) is 30.5 Å². The summed E-state index contributed by atoms with van der Waals surface area (Å²) in [4.78, 5) is 0. The standard InChI is InChI=1S/C19H20BrCl2NO2/c20-15-4-6-19(25-12-13-3-5-17(21)18(22)8-13)14(9-15)10-23-11-16-2-1-7-24-16/h3-6,8-9,16,23H,1-2,7,10-12H2. The summed E-state index contributed by atoms with van der Waals surface area (Å²) >= 11 is 15.5. The van der Waals surface area contributed by atoms with Crippen LogP contribution in [-0.4, -0.2) is 19.3 Å². The van der Waals surface area contributed by atoms with Crippen molar-refractivity contribution in [3.8, 4) is 5.75 Å². The Hall–Kier alpha value is -0.780. The summed E-state index contributed by atoms with van der Waals surface area (Å²) in [7, 11) is 0. The van der Waals surface area contributed by atoms with Crippen molar-refractivity contribution >= 4 is 39.1 Å². The average Bonchev–Trinajstić information content (AvgIpc) is 3.10. The predicted octanol–water partition coefficient (Wildman–Crippen LogP) is 5.60. The Kier molecular flexibility index (Phi) is 7.02. The van der Waals surface area contributed by atoms with Crippen LogP contribution in [0.3, 0.4) is 0 Å². The predicted molar refractivity (Wildman–Crippen MR) is 106 cm³/mol. The minimum absolute atomic E-state index is 0.327. The number of ether oxygens (including phenoxy) is 2. The molecule has 1 N–H and O–H groups in total. The molecule has 0 saturated carbocycles. The number of halogens is 3. The quantitative estimate of drug-likeness (QED) is 0.602. The third kappa shape index (κ3) is 5.60. The largest absolute Gasteiger partial charge is 0.489 e. The molecule has 6 heteroatoms. The summed E-state index contributed by atoms with van der Waals surface area (Å²) in [6.45, 7) is 2.91. The molecule has 0 aliphatic carbocycles. The van der Waals surface area contributed by atoms with E-state index in [2.05, 4.69) is 27.3 Å². The first-order valence-electron chi connectivity index (χ1n) is 8.29. The van der Waals surface area contributed by atoms with Gasteiger partial charge >= 0.3 is 0 Å². The first-order valence-corrected chi connectivity index (χ1v) is 9.84. The molecule has 1 aliphatic rings. The first-order chi connectivity index (χ1) is 12.1. The maximum absolute atomic E-state index is 6.06. The lowest BCUT2D eigenvalue weighted by molar-refractivity contribution is 0.110. The molecule has 1 aliphatic heterocycles. The molecule has 1 saturated heterocycles. The lowest BCUT2D eigenvalue weighted by Gasteiger charge is -2.15. The number of hydrogen-bond acceptors (Lipinski definition) is 3. The number of rotatable bonds is 7. The van der Waals surface area contributed by atoms with Gasteiger partial charge in [0, 0.05) is 29.7 Å². The smallest absolute Gasteiger partial charge is 0.124 e. The molecule has 0 bridgehead atoms. The van der Waals surface area contributed by atoms with Gasteiger partial charge in [0.1, 0.15) is 12.4 Å². The Morgan fingerprint density at radius 2 is 2.04 bits per heavy atom. The molecule has 0 radical (unpaired) electrons. The first kappa shape index (κ1) is 19.0. The molecule has 3 nitrogen and oxygen atoms in total. The number of nitrogens with one attached hydrogen (secondary N) is 1. The highest BCUT2D eigenvalue weighted by Gasteiger charge is 2.15. The molecule has 3 rings (SSSR count). The highest BCUT2D eigenvalue weighted by molar-refractivity contribution is 9.10. The maximum Gasteiger partial charge on any atom is 0.124 e. The van der Waals surface area contributed by atoms with Crippen molar-refractivity contribution in [1.82, 2.24) is 5.32 Å². The van der Waals surface area contributed by atoms with Crippen LogP contribution in [0, 0.1) is 0 Å². The molecule has 1 heterocycles. The second kappa shape index (κ2) is 9.24.